The highest BCUT2D eigenvalue weighted by atomic mass is 16.5. The number of methoxy groups -OCH3 is 2. The summed E-state index contributed by atoms with van der Waals surface area (Å²) in [5, 5.41) is 2.77. The van der Waals surface area contributed by atoms with Gasteiger partial charge in [-0.25, -0.2) is 4.79 Å². The fraction of sp³-hybridized carbons (Fsp3) is 0.471. The van der Waals surface area contributed by atoms with Gasteiger partial charge in [-0.2, -0.15) is 0 Å². The third-order valence-corrected chi connectivity index (χ3v) is 4.24. The fourth-order valence-corrected chi connectivity index (χ4v) is 2.91. The van der Waals surface area contributed by atoms with Gasteiger partial charge in [0.2, 0.25) is 0 Å². The third kappa shape index (κ3) is 4.55. The lowest BCUT2D eigenvalue weighted by molar-refractivity contribution is -0.897. The van der Waals surface area contributed by atoms with E-state index in [4.69, 9.17) is 9.47 Å². The number of piperidine rings is 1. The molecule has 1 aromatic rings. The predicted molar refractivity (Wildman–Crippen MR) is 86.7 cm³/mol. The van der Waals surface area contributed by atoms with Crippen molar-refractivity contribution in [3.63, 3.8) is 0 Å². The maximum atomic E-state index is 12.2. The van der Waals surface area contributed by atoms with E-state index in [1.165, 1.54) is 14.2 Å². The molecule has 0 saturated carbocycles. The van der Waals surface area contributed by atoms with E-state index in [9.17, 15) is 14.4 Å². The molecule has 1 fully saturated rings. The molecule has 0 radical (unpaired) electrons. The maximum Gasteiger partial charge on any atom is 0.339 e. The van der Waals surface area contributed by atoms with E-state index in [-0.39, 0.29) is 17.8 Å². The number of amides is 1. The van der Waals surface area contributed by atoms with Gasteiger partial charge in [0.25, 0.3) is 5.91 Å². The van der Waals surface area contributed by atoms with E-state index in [1.54, 1.807) is 24.3 Å². The van der Waals surface area contributed by atoms with Crippen LogP contribution in [0.25, 0.3) is 0 Å². The van der Waals surface area contributed by atoms with Crippen LogP contribution < -0.4 is 10.2 Å². The molecule has 24 heavy (non-hydrogen) atoms. The summed E-state index contributed by atoms with van der Waals surface area (Å²) < 4.78 is 9.47. The molecule has 7 heteroatoms. The van der Waals surface area contributed by atoms with Crippen LogP contribution in [0.4, 0.5) is 5.69 Å². The van der Waals surface area contributed by atoms with Gasteiger partial charge in [0, 0.05) is 12.8 Å². The summed E-state index contributed by atoms with van der Waals surface area (Å²) in [5.74, 6) is -0.901. The van der Waals surface area contributed by atoms with E-state index in [2.05, 4.69) is 5.32 Å². The summed E-state index contributed by atoms with van der Waals surface area (Å²) in [5.41, 5.74) is 0.769. The van der Waals surface area contributed by atoms with Crippen LogP contribution >= 0.6 is 0 Å². The minimum atomic E-state index is -0.489. The zero-order chi connectivity index (χ0) is 17.5. The molecule has 0 unspecified atom stereocenters. The van der Waals surface area contributed by atoms with Crippen LogP contribution in [0.15, 0.2) is 24.3 Å². The number of hydrogen-bond acceptors (Lipinski definition) is 5. The fourth-order valence-electron chi connectivity index (χ4n) is 2.91. The average Bonchev–Trinajstić information content (AvgIpc) is 2.61. The van der Waals surface area contributed by atoms with Crippen LogP contribution in [0.5, 0.6) is 0 Å². The van der Waals surface area contributed by atoms with Crippen LogP contribution in [-0.2, 0) is 19.1 Å². The number of carbonyl (C=O) groups excluding carboxylic acids is 3. The summed E-state index contributed by atoms with van der Waals surface area (Å²) in [6.07, 6.45) is 1.43. The highest BCUT2D eigenvalue weighted by Crippen LogP contribution is 2.16. The smallest absolute Gasteiger partial charge is 0.339 e. The number of likely N-dealkylation sites (tertiary alicyclic amines) is 1. The summed E-state index contributed by atoms with van der Waals surface area (Å²) in [6, 6.07) is 6.74. The zero-order valence-corrected chi connectivity index (χ0v) is 14.0. The normalized spacial score (nSPS) is 20.1. The summed E-state index contributed by atoms with van der Waals surface area (Å²) in [6.45, 7) is 1.78. The van der Waals surface area contributed by atoms with E-state index in [0.29, 0.717) is 30.6 Å². The number of esters is 2. The maximum absolute atomic E-state index is 12.2. The van der Waals surface area contributed by atoms with Crippen LogP contribution in [-0.4, -0.2) is 51.7 Å². The lowest BCUT2D eigenvalue weighted by atomic mass is 9.97. The molecule has 1 aliphatic heterocycles. The molecule has 2 N–H and O–H groups in total. The molecule has 2 rings (SSSR count). The second-order valence-electron chi connectivity index (χ2n) is 5.81. The number of carbonyl (C=O) groups is 3. The van der Waals surface area contributed by atoms with Gasteiger partial charge in [-0.05, 0) is 12.1 Å². The Labute approximate surface area is 140 Å². The molecule has 0 aromatic heterocycles. The van der Waals surface area contributed by atoms with E-state index in [1.807, 2.05) is 0 Å². The molecule has 0 spiro atoms. The van der Waals surface area contributed by atoms with Gasteiger partial charge in [-0.1, -0.05) is 12.1 Å². The molecule has 0 bridgehead atoms. The Hall–Kier alpha value is -2.41. The Kier molecular flexibility index (Phi) is 6.31. The summed E-state index contributed by atoms with van der Waals surface area (Å²) in [7, 11) is 2.70. The van der Waals surface area contributed by atoms with Gasteiger partial charge >= 0.3 is 11.9 Å². The first-order chi connectivity index (χ1) is 11.5. The number of quaternary nitrogens is 1. The first-order valence-corrected chi connectivity index (χ1v) is 7.93. The quantitative estimate of drug-likeness (QED) is 0.733. The molecule has 1 aliphatic rings. The Balaban J connectivity index is 1.89. The lowest BCUT2D eigenvalue weighted by Crippen LogP contribution is -3.14. The average molecular weight is 335 g/mol. The molecule has 1 saturated heterocycles. The Morgan fingerprint density at radius 2 is 1.79 bits per heavy atom. The largest absolute Gasteiger partial charge is 0.469 e. The molecule has 0 aliphatic carbocycles. The summed E-state index contributed by atoms with van der Waals surface area (Å²) in [4.78, 5) is 36.6. The van der Waals surface area contributed by atoms with Crippen molar-refractivity contribution in [1.29, 1.82) is 0 Å². The summed E-state index contributed by atoms with van der Waals surface area (Å²) >= 11 is 0. The molecular formula is C17H23N2O5+. The highest BCUT2D eigenvalue weighted by molar-refractivity contribution is 6.01. The number of benzene rings is 1. The van der Waals surface area contributed by atoms with Crippen LogP contribution in [0.2, 0.25) is 0 Å². The Morgan fingerprint density at radius 1 is 1.12 bits per heavy atom. The number of ether oxygens (including phenoxy) is 2. The van der Waals surface area contributed by atoms with Crippen molar-refractivity contribution in [2.75, 3.05) is 39.2 Å². The molecule has 1 aromatic carbocycles. The van der Waals surface area contributed by atoms with Crippen molar-refractivity contribution in [2.45, 2.75) is 12.8 Å². The van der Waals surface area contributed by atoms with Crippen LogP contribution in [0, 0.1) is 5.92 Å². The van der Waals surface area contributed by atoms with Gasteiger partial charge in [0.15, 0.2) is 6.54 Å². The Morgan fingerprint density at radius 3 is 2.42 bits per heavy atom. The SMILES string of the molecule is COC(=O)c1ccccc1NC(=O)C[NH+]1CCC(C(=O)OC)CC1. The molecule has 1 heterocycles. The topological polar surface area (TPSA) is 86.1 Å². The number of anilines is 1. The minimum absolute atomic E-state index is 0.0677. The van der Waals surface area contributed by atoms with E-state index < -0.39 is 5.97 Å². The van der Waals surface area contributed by atoms with Crippen molar-refractivity contribution in [3.8, 4) is 0 Å². The third-order valence-electron chi connectivity index (χ3n) is 4.24. The van der Waals surface area contributed by atoms with Crippen molar-refractivity contribution in [1.82, 2.24) is 0 Å². The van der Waals surface area contributed by atoms with Gasteiger partial charge in [-0.15, -0.1) is 0 Å². The number of hydrogen-bond donors (Lipinski definition) is 2. The van der Waals surface area contributed by atoms with Gasteiger partial charge < -0.3 is 19.7 Å². The van der Waals surface area contributed by atoms with Crippen molar-refractivity contribution < 1.29 is 28.8 Å². The second-order valence-corrected chi connectivity index (χ2v) is 5.81. The second kappa shape index (κ2) is 8.44. The van der Waals surface area contributed by atoms with E-state index in [0.717, 1.165) is 18.0 Å². The molecule has 1 amide bonds. The molecule has 130 valence electrons. The van der Waals surface area contributed by atoms with Crippen molar-refractivity contribution >= 4 is 23.5 Å². The first-order valence-electron chi connectivity index (χ1n) is 7.93. The number of nitrogens with one attached hydrogen (secondary N) is 2. The lowest BCUT2D eigenvalue weighted by Gasteiger charge is -2.27. The highest BCUT2D eigenvalue weighted by Gasteiger charge is 2.29. The van der Waals surface area contributed by atoms with Crippen molar-refractivity contribution in [3.05, 3.63) is 29.8 Å². The van der Waals surface area contributed by atoms with Crippen LogP contribution in [0.1, 0.15) is 23.2 Å². The monoisotopic (exact) mass is 335 g/mol. The van der Waals surface area contributed by atoms with Gasteiger partial charge in [0.05, 0.1) is 44.5 Å². The van der Waals surface area contributed by atoms with Gasteiger partial charge in [0.1, 0.15) is 0 Å². The van der Waals surface area contributed by atoms with Gasteiger partial charge in [-0.3, -0.25) is 9.59 Å². The first kappa shape index (κ1) is 17.9. The number of para-hydroxylation sites is 1. The van der Waals surface area contributed by atoms with Crippen LogP contribution in [0.3, 0.4) is 0 Å². The number of rotatable bonds is 5. The van der Waals surface area contributed by atoms with Crippen molar-refractivity contribution in [2.24, 2.45) is 5.92 Å². The molecule has 7 nitrogen and oxygen atoms in total. The molecule has 0 atom stereocenters. The zero-order valence-electron chi connectivity index (χ0n) is 14.0. The Bertz CT molecular complexity index is 609. The predicted octanol–water partition coefficient (Wildman–Crippen LogP) is -0.120. The molecular weight excluding hydrogens is 312 g/mol. The van der Waals surface area contributed by atoms with E-state index >= 15 is 0 Å². The minimum Gasteiger partial charge on any atom is -0.469 e. The standard InChI is InChI=1S/C17H22N2O5/c1-23-16(21)12-7-9-19(10-8-12)11-15(20)18-14-6-4-3-5-13(14)17(22)24-2/h3-6,12H,7-11H2,1-2H3,(H,18,20)/p+1.